The van der Waals surface area contributed by atoms with Crippen molar-refractivity contribution in [1.29, 1.82) is 0 Å². The van der Waals surface area contributed by atoms with E-state index < -0.39 is 17.5 Å². The van der Waals surface area contributed by atoms with E-state index in [4.69, 9.17) is 5.73 Å². The molecule has 0 aliphatic heterocycles. The van der Waals surface area contributed by atoms with E-state index >= 15 is 0 Å². The highest BCUT2D eigenvalue weighted by atomic mass is 19.1. The Labute approximate surface area is 117 Å². The average molecular weight is 282 g/mol. The zero-order valence-corrected chi connectivity index (χ0v) is 11.4. The van der Waals surface area contributed by atoms with Gasteiger partial charge in [0.05, 0.1) is 11.3 Å². The van der Waals surface area contributed by atoms with E-state index in [0.29, 0.717) is 6.07 Å². The molecular weight excluding hydrogens is 262 g/mol. The van der Waals surface area contributed by atoms with E-state index in [0.717, 1.165) is 25.7 Å². The molecule has 3 nitrogen and oxygen atoms in total. The summed E-state index contributed by atoms with van der Waals surface area (Å²) in [5.74, 6) is -2.49. The number of benzene rings is 1. The summed E-state index contributed by atoms with van der Waals surface area (Å²) in [6.07, 6.45) is 7.76. The minimum atomic E-state index is -0.918. The van der Waals surface area contributed by atoms with Crippen LogP contribution in [-0.4, -0.2) is 11.9 Å². The summed E-state index contributed by atoms with van der Waals surface area (Å²) in [5, 5.41) is 3.09. The van der Waals surface area contributed by atoms with Crippen molar-refractivity contribution in [3.8, 4) is 0 Å². The summed E-state index contributed by atoms with van der Waals surface area (Å²) < 4.78 is 27.2. The molecule has 0 aromatic heterocycles. The summed E-state index contributed by atoms with van der Waals surface area (Å²) in [4.78, 5) is 11.1. The predicted octanol–water partition coefficient (Wildman–Crippen LogP) is 3.59. The Hall–Kier alpha value is -1.65. The van der Waals surface area contributed by atoms with Gasteiger partial charge in [-0.3, -0.25) is 4.79 Å². The van der Waals surface area contributed by atoms with E-state index in [1.165, 1.54) is 25.3 Å². The lowest BCUT2D eigenvalue weighted by molar-refractivity contribution is 0.0996. The fourth-order valence-corrected chi connectivity index (χ4v) is 2.67. The fourth-order valence-electron chi connectivity index (χ4n) is 2.67. The van der Waals surface area contributed by atoms with Crippen molar-refractivity contribution in [2.45, 2.75) is 51.0 Å². The lowest BCUT2D eigenvalue weighted by Gasteiger charge is -2.22. The highest BCUT2D eigenvalue weighted by Gasteiger charge is 2.17. The number of amides is 1. The number of rotatable bonds is 3. The number of anilines is 1. The van der Waals surface area contributed by atoms with Gasteiger partial charge in [0.1, 0.15) is 11.6 Å². The number of primary amides is 1. The third kappa shape index (κ3) is 3.68. The second-order valence-corrected chi connectivity index (χ2v) is 5.36. The highest BCUT2D eigenvalue weighted by molar-refractivity contribution is 5.94. The maximum atomic E-state index is 13.8. The number of carbonyl (C=O) groups excluding carboxylic acids is 1. The SMILES string of the molecule is NC(=O)c1cc(NC2CCCCCCC2)c(F)cc1F. The molecule has 1 aliphatic rings. The van der Waals surface area contributed by atoms with Crippen molar-refractivity contribution in [3.63, 3.8) is 0 Å². The molecule has 2 rings (SSSR count). The molecule has 0 spiro atoms. The molecule has 1 amide bonds. The molecule has 110 valence electrons. The number of hydrogen-bond acceptors (Lipinski definition) is 2. The summed E-state index contributed by atoms with van der Waals surface area (Å²) in [6, 6.07) is 2.05. The Bertz CT molecular complexity index is 483. The minimum Gasteiger partial charge on any atom is -0.380 e. The molecule has 5 heteroatoms. The summed E-state index contributed by atoms with van der Waals surface area (Å²) in [5.41, 5.74) is 4.96. The van der Waals surface area contributed by atoms with Gasteiger partial charge in [-0.05, 0) is 18.9 Å². The van der Waals surface area contributed by atoms with E-state index in [1.54, 1.807) is 0 Å². The van der Waals surface area contributed by atoms with Crippen molar-refractivity contribution in [2.75, 3.05) is 5.32 Å². The standard InChI is InChI=1S/C15H20F2N2O/c16-12-9-13(17)14(8-11(12)15(18)20)19-10-6-4-2-1-3-5-7-10/h8-10,19H,1-7H2,(H2,18,20). The van der Waals surface area contributed by atoms with Gasteiger partial charge in [0.15, 0.2) is 0 Å². The van der Waals surface area contributed by atoms with Gasteiger partial charge in [-0.2, -0.15) is 0 Å². The maximum Gasteiger partial charge on any atom is 0.251 e. The van der Waals surface area contributed by atoms with Gasteiger partial charge in [0, 0.05) is 12.1 Å². The van der Waals surface area contributed by atoms with Gasteiger partial charge in [0.25, 0.3) is 5.91 Å². The monoisotopic (exact) mass is 282 g/mol. The van der Waals surface area contributed by atoms with E-state index in [9.17, 15) is 13.6 Å². The lowest BCUT2D eigenvalue weighted by atomic mass is 9.96. The van der Waals surface area contributed by atoms with Crippen LogP contribution in [-0.2, 0) is 0 Å². The fraction of sp³-hybridized carbons (Fsp3) is 0.533. The number of hydrogen-bond donors (Lipinski definition) is 2. The summed E-state index contributed by atoms with van der Waals surface area (Å²) in [6.45, 7) is 0. The van der Waals surface area contributed by atoms with Crippen molar-refractivity contribution in [2.24, 2.45) is 5.73 Å². The van der Waals surface area contributed by atoms with Crippen LogP contribution in [0.3, 0.4) is 0 Å². The third-order valence-corrected chi connectivity index (χ3v) is 3.79. The van der Waals surface area contributed by atoms with Crippen LogP contribution in [0.5, 0.6) is 0 Å². The molecule has 0 radical (unpaired) electrons. The largest absolute Gasteiger partial charge is 0.380 e. The first-order valence-electron chi connectivity index (χ1n) is 7.13. The Morgan fingerprint density at radius 3 is 2.25 bits per heavy atom. The van der Waals surface area contributed by atoms with Gasteiger partial charge in [0.2, 0.25) is 0 Å². The van der Waals surface area contributed by atoms with Crippen LogP contribution >= 0.6 is 0 Å². The first-order chi connectivity index (χ1) is 9.58. The Kier molecular flexibility index (Phi) is 4.93. The average Bonchev–Trinajstić information content (AvgIpc) is 2.34. The van der Waals surface area contributed by atoms with Crippen LogP contribution in [0.25, 0.3) is 0 Å². The molecular formula is C15H20F2N2O. The molecule has 0 heterocycles. The van der Waals surface area contributed by atoms with Crippen molar-refractivity contribution < 1.29 is 13.6 Å². The molecule has 0 unspecified atom stereocenters. The molecule has 0 bridgehead atoms. The molecule has 3 N–H and O–H groups in total. The molecule has 20 heavy (non-hydrogen) atoms. The van der Waals surface area contributed by atoms with Crippen molar-refractivity contribution in [3.05, 3.63) is 29.3 Å². The van der Waals surface area contributed by atoms with Crippen LogP contribution < -0.4 is 11.1 Å². The molecule has 1 aromatic rings. The normalized spacial score (nSPS) is 17.3. The number of carbonyl (C=O) groups is 1. The van der Waals surface area contributed by atoms with Crippen LogP contribution in [0.15, 0.2) is 12.1 Å². The smallest absolute Gasteiger partial charge is 0.251 e. The summed E-state index contributed by atoms with van der Waals surface area (Å²) in [7, 11) is 0. The van der Waals surface area contributed by atoms with Crippen molar-refractivity contribution >= 4 is 11.6 Å². The van der Waals surface area contributed by atoms with Gasteiger partial charge in [-0.1, -0.05) is 32.1 Å². The van der Waals surface area contributed by atoms with E-state index in [2.05, 4.69) is 5.32 Å². The summed E-state index contributed by atoms with van der Waals surface area (Å²) >= 11 is 0. The molecule has 1 fully saturated rings. The quantitative estimate of drug-likeness (QED) is 0.890. The van der Waals surface area contributed by atoms with Gasteiger partial charge in [-0.15, -0.1) is 0 Å². The molecule has 1 aliphatic carbocycles. The van der Waals surface area contributed by atoms with E-state index in [1.807, 2.05) is 0 Å². The van der Waals surface area contributed by atoms with Crippen molar-refractivity contribution in [1.82, 2.24) is 0 Å². The Balaban J connectivity index is 2.14. The second-order valence-electron chi connectivity index (χ2n) is 5.36. The minimum absolute atomic E-state index is 0.158. The van der Waals surface area contributed by atoms with Gasteiger partial charge < -0.3 is 11.1 Å². The Morgan fingerprint density at radius 1 is 1.05 bits per heavy atom. The zero-order valence-electron chi connectivity index (χ0n) is 11.4. The van der Waals surface area contributed by atoms with Gasteiger partial charge >= 0.3 is 0 Å². The number of nitrogens with one attached hydrogen (secondary N) is 1. The molecule has 1 aromatic carbocycles. The molecule has 0 saturated heterocycles. The lowest BCUT2D eigenvalue weighted by Crippen LogP contribution is -2.22. The third-order valence-electron chi connectivity index (χ3n) is 3.79. The van der Waals surface area contributed by atoms with Crippen LogP contribution in [0.4, 0.5) is 14.5 Å². The van der Waals surface area contributed by atoms with E-state index in [-0.39, 0.29) is 17.3 Å². The highest BCUT2D eigenvalue weighted by Crippen LogP contribution is 2.24. The van der Waals surface area contributed by atoms with Crippen LogP contribution in [0, 0.1) is 11.6 Å². The topological polar surface area (TPSA) is 55.1 Å². The molecule has 1 saturated carbocycles. The zero-order chi connectivity index (χ0) is 14.5. The van der Waals surface area contributed by atoms with Crippen LogP contribution in [0.1, 0.15) is 55.3 Å². The first-order valence-corrected chi connectivity index (χ1v) is 7.13. The predicted molar refractivity (Wildman–Crippen MR) is 74.6 cm³/mol. The number of nitrogens with two attached hydrogens (primary N) is 1. The maximum absolute atomic E-state index is 13.8. The second kappa shape index (κ2) is 6.68. The molecule has 0 atom stereocenters. The van der Waals surface area contributed by atoms with Crippen LogP contribution in [0.2, 0.25) is 0 Å². The van der Waals surface area contributed by atoms with Gasteiger partial charge in [-0.25, -0.2) is 8.78 Å². The number of halogens is 2. The Morgan fingerprint density at radius 2 is 1.65 bits per heavy atom. The first kappa shape index (κ1) is 14.8.